The highest BCUT2D eigenvalue weighted by molar-refractivity contribution is 7.17. The van der Waals surface area contributed by atoms with E-state index in [2.05, 4.69) is 23.7 Å². The molecule has 0 unspecified atom stereocenters. The zero-order valence-electron chi connectivity index (χ0n) is 21.6. The van der Waals surface area contributed by atoms with Crippen LogP contribution in [0.5, 0.6) is 11.5 Å². The van der Waals surface area contributed by atoms with Crippen LogP contribution in [0.4, 0.5) is 5.88 Å². The molecule has 3 aromatic heterocycles. The molecule has 39 heavy (non-hydrogen) atoms. The summed E-state index contributed by atoms with van der Waals surface area (Å²) in [6.07, 6.45) is 1.84. The van der Waals surface area contributed by atoms with Crippen LogP contribution in [0.1, 0.15) is 26.7 Å². The molecule has 4 heterocycles. The van der Waals surface area contributed by atoms with E-state index in [0.29, 0.717) is 68.6 Å². The third-order valence-electron chi connectivity index (χ3n) is 6.72. The maximum atomic E-state index is 13.1. The van der Waals surface area contributed by atoms with E-state index in [1.165, 1.54) is 15.9 Å². The van der Waals surface area contributed by atoms with E-state index in [1.807, 2.05) is 11.4 Å². The second-order valence-corrected chi connectivity index (χ2v) is 10.3. The lowest BCUT2D eigenvalue weighted by Gasteiger charge is -2.23. The van der Waals surface area contributed by atoms with Gasteiger partial charge in [-0.2, -0.15) is 0 Å². The summed E-state index contributed by atoms with van der Waals surface area (Å²) in [4.78, 5) is 43.2. The zero-order valence-corrected chi connectivity index (χ0v) is 22.4. The lowest BCUT2D eigenvalue weighted by molar-refractivity contribution is 0.172. The molecule has 0 fully saturated rings. The first-order chi connectivity index (χ1) is 19.0. The number of para-hydroxylation sites is 1. The summed E-state index contributed by atoms with van der Waals surface area (Å²) in [5.74, 6) is 1.51. The normalized spacial score (nSPS) is 12.8. The molecule has 1 aliphatic rings. The molecule has 0 aliphatic carbocycles. The molecule has 5 aromatic rings. The van der Waals surface area contributed by atoms with E-state index in [4.69, 9.17) is 13.9 Å². The van der Waals surface area contributed by atoms with Crippen molar-refractivity contribution in [2.45, 2.75) is 26.7 Å². The third-order valence-corrected chi connectivity index (χ3v) is 7.69. The Morgan fingerprint density at radius 3 is 2.54 bits per heavy atom. The minimum atomic E-state index is -0.569. The zero-order chi connectivity index (χ0) is 27.1. The molecular weight excluding hydrogens is 518 g/mol. The molecule has 6 rings (SSSR count). The van der Waals surface area contributed by atoms with E-state index in [1.54, 1.807) is 36.4 Å². The fraction of sp³-hybridized carbons (Fsp3) is 0.276. The summed E-state index contributed by atoms with van der Waals surface area (Å²) in [7, 11) is 0. The van der Waals surface area contributed by atoms with Crippen molar-refractivity contribution in [1.29, 1.82) is 0 Å². The number of nitrogens with zero attached hydrogens (tertiary/aromatic N) is 2. The van der Waals surface area contributed by atoms with Gasteiger partial charge in [0, 0.05) is 41.7 Å². The highest BCUT2D eigenvalue weighted by atomic mass is 32.1. The summed E-state index contributed by atoms with van der Waals surface area (Å²) in [6, 6.07) is 12.0. The molecule has 0 saturated carbocycles. The molecule has 0 spiro atoms. The van der Waals surface area contributed by atoms with Crippen LogP contribution in [-0.2, 0) is 0 Å². The number of anilines is 1. The van der Waals surface area contributed by atoms with Crippen molar-refractivity contribution in [3.8, 4) is 28.3 Å². The second-order valence-electron chi connectivity index (χ2n) is 9.37. The summed E-state index contributed by atoms with van der Waals surface area (Å²) >= 11 is 1.31. The standard InChI is InChI=1S/C29H27N3O6S/c1-3-9-31(10-4-2)24-15-22(33)27-26(38-24)20(16-39-27)19-13-17(14-23-25(19)37-12-11-36-23)32-21-8-6-5-7-18(21)28(34)30-29(32)35/h5-8,13-16H,3-4,9-12H2,1-2H3,(H,30,34,35). The van der Waals surface area contributed by atoms with Crippen molar-refractivity contribution in [2.24, 2.45) is 0 Å². The number of benzene rings is 2. The van der Waals surface area contributed by atoms with Gasteiger partial charge in [0.25, 0.3) is 5.56 Å². The molecular formula is C29H27N3O6S. The van der Waals surface area contributed by atoms with Crippen LogP contribution >= 0.6 is 11.3 Å². The monoisotopic (exact) mass is 545 g/mol. The van der Waals surface area contributed by atoms with Gasteiger partial charge in [0.05, 0.1) is 16.6 Å². The van der Waals surface area contributed by atoms with Crippen molar-refractivity contribution >= 4 is 38.4 Å². The molecule has 0 bridgehead atoms. The largest absolute Gasteiger partial charge is 0.486 e. The summed E-state index contributed by atoms with van der Waals surface area (Å²) in [6.45, 7) is 6.43. The van der Waals surface area contributed by atoms with E-state index >= 15 is 0 Å². The Morgan fingerprint density at radius 1 is 0.974 bits per heavy atom. The molecule has 200 valence electrons. The second kappa shape index (κ2) is 10.1. The van der Waals surface area contributed by atoms with Crippen molar-refractivity contribution < 1.29 is 13.9 Å². The van der Waals surface area contributed by atoms with Crippen LogP contribution in [0.25, 0.3) is 38.0 Å². The fourth-order valence-corrected chi connectivity index (χ4v) is 5.96. The first-order valence-electron chi connectivity index (χ1n) is 13.0. The minimum absolute atomic E-state index is 0.107. The lowest BCUT2D eigenvalue weighted by atomic mass is 10.0. The Balaban J connectivity index is 1.62. The molecule has 1 N–H and O–H groups in total. The average molecular weight is 546 g/mol. The first kappa shape index (κ1) is 25.0. The van der Waals surface area contributed by atoms with Gasteiger partial charge in [-0.1, -0.05) is 26.0 Å². The minimum Gasteiger partial charge on any atom is -0.486 e. The molecule has 9 nitrogen and oxygen atoms in total. The van der Waals surface area contributed by atoms with Gasteiger partial charge < -0.3 is 18.8 Å². The summed E-state index contributed by atoms with van der Waals surface area (Å²) < 4.78 is 20.3. The number of fused-ring (bicyclic) bond motifs is 3. The van der Waals surface area contributed by atoms with E-state index in [0.717, 1.165) is 25.9 Å². The Labute approximate surface area is 226 Å². The predicted octanol–water partition coefficient (Wildman–Crippen LogP) is 4.91. The smallest absolute Gasteiger partial charge is 0.333 e. The SMILES string of the molecule is CCCN(CCC)c1cc(=O)c2scc(-c3cc(-n4c(=O)[nH]c(=O)c5ccccc54)cc4c3OCCO4)c2o1. The lowest BCUT2D eigenvalue weighted by Crippen LogP contribution is -2.29. The van der Waals surface area contributed by atoms with E-state index < -0.39 is 11.2 Å². The van der Waals surface area contributed by atoms with Crippen LogP contribution in [0, 0.1) is 0 Å². The predicted molar refractivity (Wildman–Crippen MR) is 153 cm³/mol. The topological polar surface area (TPSA) is 107 Å². The van der Waals surface area contributed by atoms with Gasteiger partial charge in [-0.15, -0.1) is 11.3 Å². The van der Waals surface area contributed by atoms with Gasteiger partial charge in [0.2, 0.25) is 5.43 Å². The number of aromatic amines is 1. The third kappa shape index (κ3) is 4.30. The molecule has 10 heteroatoms. The van der Waals surface area contributed by atoms with Crippen LogP contribution in [0.15, 0.2) is 66.6 Å². The number of rotatable bonds is 7. The van der Waals surface area contributed by atoms with Gasteiger partial charge in [-0.05, 0) is 31.0 Å². The number of hydrogen-bond donors (Lipinski definition) is 1. The summed E-state index contributed by atoms with van der Waals surface area (Å²) in [5.41, 5.74) is 1.60. The Morgan fingerprint density at radius 2 is 1.74 bits per heavy atom. The highest BCUT2D eigenvalue weighted by Crippen LogP contribution is 2.45. The van der Waals surface area contributed by atoms with Crippen molar-refractivity contribution in [3.63, 3.8) is 0 Å². The van der Waals surface area contributed by atoms with Crippen molar-refractivity contribution in [1.82, 2.24) is 9.55 Å². The van der Waals surface area contributed by atoms with Crippen LogP contribution in [-0.4, -0.2) is 35.9 Å². The maximum absolute atomic E-state index is 13.1. The Hall–Kier alpha value is -4.31. The summed E-state index contributed by atoms with van der Waals surface area (Å²) in [5, 5.41) is 2.26. The quantitative estimate of drug-likeness (QED) is 0.310. The Kier molecular flexibility index (Phi) is 6.48. The van der Waals surface area contributed by atoms with Crippen molar-refractivity contribution in [3.05, 3.63) is 78.9 Å². The van der Waals surface area contributed by atoms with E-state index in [-0.39, 0.29) is 5.43 Å². The fourth-order valence-electron chi connectivity index (χ4n) is 5.06. The number of hydrogen-bond acceptors (Lipinski definition) is 8. The molecule has 0 radical (unpaired) electrons. The molecule has 2 aromatic carbocycles. The highest BCUT2D eigenvalue weighted by Gasteiger charge is 2.25. The van der Waals surface area contributed by atoms with Crippen LogP contribution in [0.2, 0.25) is 0 Å². The van der Waals surface area contributed by atoms with Gasteiger partial charge in [0.15, 0.2) is 23.0 Å². The number of aromatic nitrogens is 2. The molecule has 0 amide bonds. The van der Waals surface area contributed by atoms with Crippen LogP contribution in [0.3, 0.4) is 0 Å². The van der Waals surface area contributed by atoms with E-state index in [9.17, 15) is 14.4 Å². The molecule has 0 saturated heterocycles. The average Bonchev–Trinajstić information content (AvgIpc) is 3.37. The Bertz CT molecular complexity index is 1880. The number of thiophene rings is 1. The number of ether oxygens (including phenoxy) is 2. The molecule has 0 atom stereocenters. The van der Waals surface area contributed by atoms with Crippen molar-refractivity contribution in [2.75, 3.05) is 31.2 Å². The molecule has 1 aliphatic heterocycles. The van der Waals surface area contributed by atoms with Gasteiger partial charge in [-0.3, -0.25) is 19.1 Å². The van der Waals surface area contributed by atoms with Crippen LogP contribution < -0.4 is 31.1 Å². The van der Waals surface area contributed by atoms with Gasteiger partial charge in [0.1, 0.15) is 17.9 Å². The van der Waals surface area contributed by atoms with Gasteiger partial charge >= 0.3 is 5.69 Å². The maximum Gasteiger partial charge on any atom is 0.333 e. The number of nitrogens with one attached hydrogen (secondary N) is 1. The van der Waals surface area contributed by atoms with Gasteiger partial charge in [-0.25, -0.2) is 4.79 Å². The number of H-pyrrole nitrogens is 1. The first-order valence-corrected chi connectivity index (χ1v) is 13.9.